The van der Waals surface area contributed by atoms with E-state index in [4.69, 9.17) is 5.73 Å². The van der Waals surface area contributed by atoms with E-state index in [1.807, 2.05) is 0 Å². The van der Waals surface area contributed by atoms with Crippen LogP contribution in [0.5, 0.6) is 0 Å². The number of hydrogen-bond donors (Lipinski definition) is 2. The number of hydrogen-bond acceptors (Lipinski definition) is 2. The minimum atomic E-state index is -2.54. The van der Waals surface area contributed by atoms with Crippen molar-refractivity contribution in [1.82, 2.24) is 5.32 Å². The van der Waals surface area contributed by atoms with Crippen molar-refractivity contribution in [2.24, 2.45) is 5.73 Å². The van der Waals surface area contributed by atoms with E-state index in [1.165, 1.54) is 24.6 Å². The molecule has 3 N–H and O–H groups in total. The molecule has 1 aromatic carbocycles. The summed E-state index contributed by atoms with van der Waals surface area (Å²) in [6.07, 6.45) is 2.91. The van der Waals surface area contributed by atoms with Crippen LogP contribution in [0.3, 0.4) is 0 Å². The van der Waals surface area contributed by atoms with Crippen LogP contribution in [0.2, 0.25) is 0 Å². The lowest BCUT2D eigenvalue weighted by molar-refractivity contribution is -0.120. The number of rotatable bonds is 5. The molecule has 1 amide bonds. The van der Waals surface area contributed by atoms with E-state index >= 15 is 0 Å². The molecule has 1 fully saturated rings. The predicted molar refractivity (Wildman–Crippen MR) is 73.3 cm³/mol. The first-order valence-corrected chi connectivity index (χ1v) is 7.01. The molecule has 20 heavy (non-hydrogen) atoms. The monoisotopic (exact) mass is 282 g/mol. The number of nitrogens with one attached hydrogen (secondary N) is 1. The molecule has 0 aliphatic heterocycles. The molecule has 0 bridgehead atoms. The van der Waals surface area contributed by atoms with Gasteiger partial charge in [0.2, 0.25) is 5.91 Å². The van der Waals surface area contributed by atoms with E-state index in [2.05, 4.69) is 5.32 Å². The summed E-state index contributed by atoms with van der Waals surface area (Å²) in [5.74, 6) is -0.526. The summed E-state index contributed by atoms with van der Waals surface area (Å²) in [6, 6.07) is 5.45. The van der Waals surface area contributed by atoms with Gasteiger partial charge in [-0.15, -0.1) is 0 Å². The Labute approximate surface area is 117 Å². The van der Waals surface area contributed by atoms with Crippen molar-refractivity contribution in [2.45, 2.75) is 50.6 Å². The molecule has 1 aliphatic rings. The highest BCUT2D eigenvalue weighted by atomic mass is 19.3. The Morgan fingerprint density at radius 1 is 1.20 bits per heavy atom. The molecule has 3 nitrogen and oxygen atoms in total. The Bertz CT molecular complexity index is 459. The van der Waals surface area contributed by atoms with Crippen LogP contribution in [-0.4, -0.2) is 11.9 Å². The topological polar surface area (TPSA) is 55.1 Å². The fourth-order valence-electron chi connectivity index (χ4n) is 2.72. The summed E-state index contributed by atoms with van der Waals surface area (Å²) in [7, 11) is 0. The van der Waals surface area contributed by atoms with Crippen LogP contribution < -0.4 is 11.1 Å². The molecule has 0 saturated heterocycles. The maximum atomic E-state index is 12.7. The van der Waals surface area contributed by atoms with Crippen molar-refractivity contribution < 1.29 is 13.6 Å². The molecule has 1 saturated carbocycles. The van der Waals surface area contributed by atoms with E-state index in [0.717, 1.165) is 25.7 Å². The van der Waals surface area contributed by atoms with Crippen molar-refractivity contribution in [3.05, 3.63) is 35.4 Å². The van der Waals surface area contributed by atoms with Gasteiger partial charge in [-0.2, -0.15) is 0 Å². The molecule has 5 heteroatoms. The molecule has 1 aliphatic carbocycles. The van der Waals surface area contributed by atoms with Crippen molar-refractivity contribution in [3.8, 4) is 0 Å². The van der Waals surface area contributed by atoms with E-state index in [0.29, 0.717) is 5.56 Å². The van der Waals surface area contributed by atoms with Crippen LogP contribution >= 0.6 is 0 Å². The van der Waals surface area contributed by atoms with Crippen molar-refractivity contribution in [1.29, 1.82) is 0 Å². The molecular weight excluding hydrogens is 262 g/mol. The summed E-state index contributed by atoms with van der Waals surface area (Å²) < 4.78 is 25.5. The van der Waals surface area contributed by atoms with Crippen molar-refractivity contribution in [2.75, 3.05) is 0 Å². The predicted octanol–water partition coefficient (Wildman–Crippen LogP) is 3.07. The second kappa shape index (κ2) is 6.79. The quantitative estimate of drug-likeness (QED) is 0.872. The zero-order chi connectivity index (χ0) is 14.5. The Kier molecular flexibility index (Phi) is 5.06. The summed E-state index contributed by atoms with van der Waals surface area (Å²) in [6.45, 7) is 0. The maximum absolute atomic E-state index is 12.7. The maximum Gasteiger partial charge on any atom is 0.263 e. The van der Waals surface area contributed by atoms with Gasteiger partial charge in [-0.05, 0) is 24.5 Å². The van der Waals surface area contributed by atoms with Gasteiger partial charge >= 0.3 is 0 Å². The lowest BCUT2D eigenvalue weighted by Crippen LogP contribution is -2.41. The van der Waals surface area contributed by atoms with Crippen LogP contribution in [-0.2, 0) is 4.79 Å². The van der Waals surface area contributed by atoms with Crippen LogP contribution in [0.25, 0.3) is 0 Å². The molecule has 2 rings (SSSR count). The second-order valence-corrected chi connectivity index (χ2v) is 5.31. The Morgan fingerprint density at radius 2 is 1.85 bits per heavy atom. The number of amides is 1. The zero-order valence-corrected chi connectivity index (χ0v) is 11.3. The average molecular weight is 282 g/mol. The highest BCUT2D eigenvalue weighted by molar-refractivity contribution is 5.81. The molecule has 0 spiro atoms. The van der Waals surface area contributed by atoms with Gasteiger partial charge in [0.05, 0.1) is 0 Å². The molecule has 0 radical (unpaired) electrons. The molecule has 1 aromatic rings. The molecule has 110 valence electrons. The lowest BCUT2D eigenvalue weighted by Gasteiger charge is -2.27. The smallest absolute Gasteiger partial charge is 0.263 e. The summed E-state index contributed by atoms with van der Waals surface area (Å²) in [5, 5.41) is 3.22. The SMILES string of the molecule is NC(=O)C(NC1CCCCC1)c1cccc(C(F)F)c1. The van der Waals surface area contributed by atoms with Crippen molar-refractivity contribution in [3.63, 3.8) is 0 Å². The third kappa shape index (κ3) is 3.76. The number of alkyl halides is 2. The Balaban J connectivity index is 2.15. The van der Waals surface area contributed by atoms with Gasteiger partial charge in [0.15, 0.2) is 0 Å². The summed E-state index contributed by atoms with van der Waals surface area (Å²) in [4.78, 5) is 11.6. The van der Waals surface area contributed by atoms with E-state index in [-0.39, 0.29) is 11.6 Å². The van der Waals surface area contributed by atoms with Gasteiger partial charge in [0.1, 0.15) is 6.04 Å². The normalized spacial score (nSPS) is 18.1. The average Bonchev–Trinajstić information content (AvgIpc) is 2.45. The van der Waals surface area contributed by atoms with Crippen LogP contribution in [0.15, 0.2) is 24.3 Å². The van der Waals surface area contributed by atoms with Crippen LogP contribution in [0.4, 0.5) is 8.78 Å². The third-order valence-electron chi connectivity index (χ3n) is 3.79. The van der Waals surface area contributed by atoms with Gasteiger partial charge in [-0.1, -0.05) is 37.5 Å². The number of carbonyl (C=O) groups excluding carboxylic acids is 1. The molecular formula is C15H20F2N2O. The summed E-state index contributed by atoms with van der Waals surface area (Å²) >= 11 is 0. The first-order chi connectivity index (χ1) is 9.58. The van der Waals surface area contributed by atoms with Gasteiger partial charge in [0.25, 0.3) is 6.43 Å². The first kappa shape index (κ1) is 14.9. The van der Waals surface area contributed by atoms with Gasteiger partial charge in [-0.25, -0.2) is 8.78 Å². The molecule has 1 unspecified atom stereocenters. The standard InChI is InChI=1S/C15H20F2N2O/c16-14(17)11-6-4-5-10(9-11)13(15(18)20)19-12-7-2-1-3-8-12/h4-6,9,12-14,19H,1-3,7-8H2,(H2,18,20). The minimum absolute atomic E-state index is 0.0841. The largest absolute Gasteiger partial charge is 0.368 e. The molecule has 0 aromatic heterocycles. The summed E-state index contributed by atoms with van der Waals surface area (Å²) in [5.41, 5.74) is 5.85. The van der Waals surface area contributed by atoms with Crippen LogP contribution in [0.1, 0.15) is 55.7 Å². The highest BCUT2D eigenvalue weighted by Gasteiger charge is 2.23. The van der Waals surface area contributed by atoms with Gasteiger partial charge in [-0.3, -0.25) is 10.1 Å². The Morgan fingerprint density at radius 3 is 2.45 bits per heavy atom. The minimum Gasteiger partial charge on any atom is -0.368 e. The second-order valence-electron chi connectivity index (χ2n) is 5.31. The fourth-order valence-corrected chi connectivity index (χ4v) is 2.72. The lowest BCUT2D eigenvalue weighted by atomic mass is 9.93. The number of halogens is 2. The van der Waals surface area contributed by atoms with Crippen molar-refractivity contribution >= 4 is 5.91 Å². The Hall–Kier alpha value is -1.49. The number of primary amides is 1. The van der Waals surface area contributed by atoms with E-state index in [1.54, 1.807) is 6.07 Å². The third-order valence-corrected chi connectivity index (χ3v) is 3.79. The van der Waals surface area contributed by atoms with Gasteiger partial charge in [0, 0.05) is 11.6 Å². The molecule has 0 heterocycles. The van der Waals surface area contributed by atoms with Crippen LogP contribution in [0, 0.1) is 0 Å². The molecule has 1 atom stereocenters. The fraction of sp³-hybridized carbons (Fsp3) is 0.533. The zero-order valence-electron chi connectivity index (χ0n) is 11.3. The number of carbonyl (C=O) groups is 1. The van der Waals surface area contributed by atoms with Gasteiger partial charge < -0.3 is 5.73 Å². The number of benzene rings is 1. The van der Waals surface area contributed by atoms with E-state index in [9.17, 15) is 13.6 Å². The highest BCUT2D eigenvalue weighted by Crippen LogP contribution is 2.25. The van der Waals surface area contributed by atoms with E-state index < -0.39 is 18.4 Å². The number of nitrogens with two attached hydrogens (primary N) is 1. The first-order valence-electron chi connectivity index (χ1n) is 7.01.